The van der Waals surface area contributed by atoms with Crippen LogP contribution in [0.25, 0.3) is 6.08 Å². The molecule has 1 aromatic carbocycles. The average molecular weight is 230 g/mol. The number of aliphatic hydroxyl groups is 1. The van der Waals surface area contributed by atoms with Crippen molar-refractivity contribution in [2.75, 3.05) is 11.9 Å². The predicted octanol–water partition coefficient (Wildman–Crippen LogP) is 2.26. The molecule has 3 heteroatoms. The Bertz CT molecular complexity index is 442. The molecule has 0 saturated heterocycles. The van der Waals surface area contributed by atoms with Crippen LogP contribution >= 0.6 is 0 Å². The molecule has 0 amide bonds. The Labute approximate surface area is 102 Å². The third-order valence-electron chi connectivity index (χ3n) is 3.54. The van der Waals surface area contributed by atoms with Crippen LogP contribution in [0.5, 0.6) is 0 Å². The van der Waals surface area contributed by atoms with Crippen LogP contribution in [0.4, 0.5) is 5.69 Å². The van der Waals surface area contributed by atoms with Crippen LogP contribution in [0.2, 0.25) is 0 Å². The van der Waals surface area contributed by atoms with E-state index in [1.807, 2.05) is 0 Å². The minimum absolute atomic E-state index is 0.261. The molecule has 1 aromatic rings. The van der Waals surface area contributed by atoms with Crippen LogP contribution in [-0.4, -0.2) is 17.9 Å². The largest absolute Gasteiger partial charge is 0.396 e. The highest BCUT2D eigenvalue weighted by atomic mass is 16.2. The zero-order valence-corrected chi connectivity index (χ0v) is 9.82. The molecule has 0 aromatic heterocycles. The van der Waals surface area contributed by atoms with Crippen molar-refractivity contribution in [2.45, 2.75) is 31.5 Å². The smallest absolute Gasteiger partial charge is 0.0773 e. The van der Waals surface area contributed by atoms with Crippen LogP contribution in [0, 0.1) is 0 Å². The lowest BCUT2D eigenvalue weighted by Gasteiger charge is -2.37. The molecule has 3 nitrogen and oxygen atoms in total. The Morgan fingerprint density at radius 1 is 1.35 bits per heavy atom. The van der Waals surface area contributed by atoms with Gasteiger partial charge in [0.15, 0.2) is 0 Å². The van der Waals surface area contributed by atoms with Crippen molar-refractivity contribution < 1.29 is 5.11 Å². The van der Waals surface area contributed by atoms with E-state index in [4.69, 9.17) is 5.11 Å². The summed E-state index contributed by atoms with van der Waals surface area (Å²) in [7, 11) is 0. The lowest BCUT2D eigenvalue weighted by molar-refractivity contribution is 0.273. The van der Waals surface area contributed by atoms with Gasteiger partial charge in [-0.15, -0.1) is 0 Å². The van der Waals surface area contributed by atoms with Crippen molar-refractivity contribution in [3.63, 3.8) is 0 Å². The van der Waals surface area contributed by atoms with E-state index >= 15 is 0 Å². The highest BCUT2D eigenvalue weighted by Crippen LogP contribution is 2.37. The third kappa shape index (κ3) is 1.96. The van der Waals surface area contributed by atoms with Gasteiger partial charge in [-0.05, 0) is 36.5 Å². The highest BCUT2D eigenvalue weighted by molar-refractivity contribution is 5.69. The van der Waals surface area contributed by atoms with Gasteiger partial charge in [-0.25, -0.2) is 0 Å². The fraction of sp³-hybridized carbons (Fsp3) is 0.429. The molecule has 0 radical (unpaired) electrons. The second-order valence-electron chi connectivity index (χ2n) is 4.73. The summed E-state index contributed by atoms with van der Waals surface area (Å²) in [5, 5.41) is 16.0. The molecule has 0 bridgehead atoms. The van der Waals surface area contributed by atoms with Crippen LogP contribution < -0.4 is 10.6 Å². The monoisotopic (exact) mass is 230 g/mol. The number of hydrogen-bond donors (Lipinski definition) is 3. The Kier molecular flexibility index (Phi) is 2.87. The Hall–Kier alpha value is -1.32. The topological polar surface area (TPSA) is 44.3 Å². The first-order chi connectivity index (χ1) is 8.38. The summed E-state index contributed by atoms with van der Waals surface area (Å²) in [5.74, 6) is 0. The fourth-order valence-corrected chi connectivity index (χ4v) is 2.77. The summed E-state index contributed by atoms with van der Waals surface area (Å²) in [5.41, 5.74) is 3.97. The molecule has 0 spiro atoms. The van der Waals surface area contributed by atoms with Gasteiger partial charge in [-0.1, -0.05) is 24.3 Å². The van der Waals surface area contributed by atoms with Crippen molar-refractivity contribution in [1.29, 1.82) is 0 Å². The zero-order valence-electron chi connectivity index (χ0n) is 9.82. The molecule has 1 aliphatic heterocycles. The number of rotatable bonds is 3. The normalized spacial score (nSPS) is 25.2. The number of nitrogens with one attached hydrogen (secondary N) is 2. The average Bonchev–Trinajstić information content (AvgIpc) is 2.37. The highest BCUT2D eigenvalue weighted by Gasteiger charge is 2.27. The molecule has 1 aliphatic carbocycles. The van der Waals surface area contributed by atoms with Gasteiger partial charge >= 0.3 is 0 Å². The van der Waals surface area contributed by atoms with Gasteiger partial charge in [0.2, 0.25) is 0 Å². The van der Waals surface area contributed by atoms with E-state index in [2.05, 4.69) is 41.0 Å². The first-order valence-corrected chi connectivity index (χ1v) is 6.31. The summed E-state index contributed by atoms with van der Waals surface area (Å²) in [4.78, 5) is 0. The van der Waals surface area contributed by atoms with E-state index in [1.165, 1.54) is 16.8 Å². The molecular weight excluding hydrogens is 212 g/mol. The maximum atomic E-state index is 8.90. The number of aliphatic hydroxyl groups excluding tert-OH is 1. The minimum atomic E-state index is 0.261. The van der Waals surface area contributed by atoms with Gasteiger partial charge in [0.05, 0.1) is 6.17 Å². The van der Waals surface area contributed by atoms with Crippen LogP contribution in [-0.2, 0) is 0 Å². The van der Waals surface area contributed by atoms with E-state index in [-0.39, 0.29) is 12.8 Å². The van der Waals surface area contributed by atoms with Gasteiger partial charge in [-0.3, -0.25) is 5.32 Å². The van der Waals surface area contributed by atoms with Gasteiger partial charge in [0.25, 0.3) is 0 Å². The molecule has 1 heterocycles. The molecule has 2 atom stereocenters. The van der Waals surface area contributed by atoms with E-state index in [9.17, 15) is 0 Å². The maximum Gasteiger partial charge on any atom is 0.0773 e. The summed E-state index contributed by atoms with van der Waals surface area (Å²) >= 11 is 0. The van der Waals surface area contributed by atoms with Crippen molar-refractivity contribution >= 4 is 11.8 Å². The number of benzene rings is 1. The van der Waals surface area contributed by atoms with Gasteiger partial charge < -0.3 is 10.4 Å². The second kappa shape index (κ2) is 4.51. The third-order valence-corrected chi connectivity index (χ3v) is 3.54. The number of hydrogen-bond acceptors (Lipinski definition) is 3. The first-order valence-electron chi connectivity index (χ1n) is 6.31. The molecule has 3 rings (SSSR count). The zero-order chi connectivity index (χ0) is 11.7. The van der Waals surface area contributed by atoms with E-state index in [1.54, 1.807) is 0 Å². The number of anilines is 1. The first kappa shape index (κ1) is 10.8. The Morgan fingerprint density at radius 3 is 3.18 bits per heavy atom. The molecule has 0 saturated carbocycles. The second-order valence-corrected chi connectivity index (χ2v) is 4.73. The summed E-state index contributed by atoms with van der Waals surface area (Å²) in [6.45, 7) is 0.261. The summed E-state index contributed by atoms with van der Waals surface area (Å²) < 4.78 is 0. The quantitative estimate of drug-likeness (QED) is 0.746. The van der Waals surface area contributed by atoms with Gasteiger partial charge in [-0.2, -0.15) is 0 Å². The van der Waals surface area contributed by atoms with Gasteiger partial charge in [0, 0.05) is 18.3 Å². The van der Waals surface area contributed by atoms with E-state index in [0.29, 0.717) is 6.04 Å². The molecule has 0 fully saturated rings. The lowest BCUT2D eigenvalue weighted by atomic mass is 9.89. The van der Waals surface area contributed by atoms with E-state index < -0.39 is 0 Å². The molecule has 17 heavy (non-hydrogen) atoms. The van der Waals surface area contributed by atoms with E-state index in [0.717, 1.165) is 19.3 Å². The standard InChI is InChI=1S/C14H18N2O/c17-9-3-8-13-15-11-6-1-4-10-5-2-7-12(16-13)14(10)11/h1-2,4-6,12-13,15-17H,3,7-9H2. The van der Waals surface area contributed by atoms with Crippen molar-refractivity contribution in [3.8, 4) is 0 Å². The predicted molar refractivity (Wildman–Crippen MR) is 69.7 cm³/mol. The van der Waals surface area contributed by atoms with Crippen LogP contribution in [0.1, 0.15) is 36.4 Å². The lowest BCUT2D eigenvalue weighted by Crippen LogP contribution is -2.44. The SMILES string of the molecule is OCCCC1Nc2cccc3c2C(CC=C3)N1. The maximum absolute atomic E-state index is 8.90. The van der Waals surface area contributed by atoms with Crippen LogP contribution in [0.3, 0.4) is 0 Å². The summed E-state index contributed by atoms with van der Waals surface area (Å²) in [6, 6.07) is 6.84. The fourth-order valence-electron chi connectivity index (χ4n) is 2.77. The molecule has 2 aliphatic rings. The van der Waals surface area contributed by atoms with Crippen molar-refractivity contribution in [1.82, 2.24) is 5.32 Å². The summed E-state index contributed by atoms with van der Waals surface area (Å²) in [6.07, 6.45) is 7.57. The van der Waals surface area contributed by atoms with Gasteiger partial charge in [0.1, 0.15) is 0 Å². The molecule has 90 valence electrons. The Morgan fingerprint density at radius 2 is 2.29 bits per heavy atom. The molecule has 2 unspecified atom stereocenters. The molecule has 3 N–H and O–H groups in total. The van der Waals surface area contributed by atoms with Crippen molar-refractivity contribution in [2.24, 2.45) is 0 Å². The Balaban J connectivity index is 1.88. The molecular formula is C14H18N2O. The van der Waals surface area contributed by atoms with Crippen LogP contribution in [0.15, 0.2) is 24.3 Å². The minimum Gasteiger partial charge on any atom is -0.396 e. The van der Waals surface area contributed by atoms with Crippen molar-refractivity contribution in [3.05, 3.63) is 35.4 Å².